The molecule has 2 rings (SSSR count). The summed E-state index contributed by atoms with van der Waals surface area (Å²) in [4.78, 5) is 13.2. The molecule has 0 radical (unpaired) electrons. The maximum Gasteiger partial charge on any atom is 0.246 e. The number of carbonyl (C=O) groups excluding carboxylic acids is 1. The third kappa shape index (κ3) is 2.29. The van der Waals surface area contributed by atoms with Gasteiger partial charge in [0, 0.05) is 11.1 Å². The minimum atomic E-state index is -0.794. The van der Waals surface area contributed by atoms with Gasteiger partial charge in [-0.1, -0.05) is 6.58 Å². The van der Waals surface area contributed by atoms with Crippen molar-refractivity contribution >= 4 is 5.91 Å². The van der Waals surface area contributed by atoms with Crippen molar-refractivity contribution in [3.8, 4) is 11.5 Å². The van der Waals surface area contributed by atoms with Crippen LogP contribution >= 0.6 is 0 Å². The lowest BCUT2D eigenvalue weighted by molar-refractivity contribution is -0.128. The second-order valence-electron chi connectivity index (χ2n) is 4.30. The van der Waals surface area contributed by atoms with Crippen molar-refractivity contribution in [2.45, 2.75) is 12.6 Å². The Balaban J connectivity index is 2.50. The standard InChI is InChI=1S/C14H17NO4/c1-4-13(17)15-7-9-11(18-2)5-6-12(19-3)14(9)10(16)8-15/h4-6,10,16H,1,7-8H2,2-3H3/t10-/m1/s1. The number of amides is 1. The molecule has 19 heavy (non-hydrogen) atoms. The largest absolute Gasteiger partial charge is 0.496 e. The number of nitrogens with zero attached hydrogens (tertiary/aromatic N) is 1. The Bertz CT molecular complexity index is 512. The summed E-state index contributed by atoms with van der Waals surface area (Å²) >= 11 is 0. The van der Waals surface area contributed by atoms with E-state index in [-0.39, 0.29) is 12.5 Å². The fourth-order valence-corrected chi connectivity index (χ4v) is 2.37. The van der Waals surface area contributed by atoms with Gasteiger partial charge in [-0.05, 0) is 18.2 Å². The first-order valence-electron chi connectivity index (χ1n) is 5.95. The second-order valence-corrected chi connectivity index (χ2v) is 4.30. The number of carbonyl (C=O) groups is 1. The van der Waals surface area contributed by atoms with Crippen molar-refractivity contribution in [3.05, 3.63) is 35.9 Å². The van der Waals surface area contributed by atoms with Crippen LogP contribution in [0.1, 0.15) is 17.2 Å². The van der Waals surface area contributed by atoms with E-state index in [9.17, 15) is 9.90 Å². The summed E-state index contributed by atoms with van der Waals surface area (Å²) < 4.78 is 10.6. The van der Waals surface area contributed by atoms with Crippen LogP contribution in [-0.2, 0) is 11.3 Å². The van der Waals surface area contributed by atoms with Gasteiger partial charge in [0.1, 0.15) is 17.6 Å². The van der Waals surface area contributed by atoms with Gasteiger partial charge in [-0.2, -0.15) is 0 Å². The minimum Gasteiger partial charge on any atom is -0.496 e. The van der Waals surface area contributed by atoms with E-state index < -0.39 is 6.10 Å². The van der Waals surface area contributed by atoms with E-state index in [2.05, 4.69) is 6.58 Å². The predicted octanol–water partition coefficient (Wildman–Crippen LogP) is 1.27. The van der Waals surface area contributed by atoms with Crippen molar-refractivity contribution in [1.29, 1.82) is 0 Å². The summed E-state index contributed by atoms with van der Waals surface area (Å²) in [5, 5.41) is 10.2. The molecule has 102 valence electrons. The molecule has 0 bridgehead atoms. The van der Waals surface area contributed by atoms with Gasteiger partial charge in [0.25, 0.3) is 0 Å². The van der Waals surface area contributed by atoms with Crippen LogP contribution in [0.25, 0.3) is 0 Å². The van der Waals surface area contributed by atoms with Crippen LogP contribution in [0.15, 0.2) is 24.8 Å². The van der Waals surface area contributed by atoms with Gasteiger partial charge in [-0.25, -0.2) is 0 Å². The number of aliphatic hydroxyl groups excluding tert-OH is 1. The average Bonchev–Trinajstić information content (AvgIpc) is 2.44. The van der Waals surface area contributed by atoms with Crippen LogP contribution in [0.2, 0.25) is 0 Å². The molecule has 0 aromatic heterocycles. The van der Waals surface area contributed by atoms with E-state index in [1.54, 1.807) is 26.4 Å². The van der Waals surface area contributed by atoms with Gasteiger partial charge in [0.05, 0.1) is 27.3 Å². The van der Waals surface area contributed by atoms with Gasteiger partial charge in [-0.15, -0.1) is 0 Å². The van der Waals surface area contributed by atoms with Crippen molar-refractivity contribution in [2.75, 3.05) is 20.8 Å². The summed E-state index contributed by atoms with van der Waals surface area (Å²) in [7, 11) is 3.11. The van der Waals surface area contributed by atoms with Crippen LogP contribution in [0.3, 0.4) is 0 Å². The molecule has 0 spiro atoms. The van der Waals surface area contributed by atoms with Gasteiger partial charge in [0.15, 0.2) is 0 Å². The molecule has 1 heterocycles. The van der Waals surface area contributed by atoms with Crippen LogP contribution < -0.4 is 9.47 Å². The first-order valence-corrected chi connectivity index (χ1v) is 5.95. The molecule has 0 saturated carbocycles. The molecule has 1 amide bonds. The van der Waals surface area contributed by atoms with Crippen LogP contribution in [-0.4, -0.2) is 36.7 Å². The van der Waals surface area contributed by atoms with Crippen molar-refractivity contribution in [1.82, 2.24) is 4.90 Å². The lowest BCUT2D eigenvalue weighted by Gasteiger charge is -2.33. The average molecular weight is 263 g/mol. The fraction of sp³-hybridized carbons (Fsp3) is 0.357. The topological polar surface area (TPSA) is 59.0 Å². The Kier molecular flexibility index (Phi) is 3.76. The zero-order chi connectivity index (χ0) is 14.0. The highest BCUT2D eigenvalue weighted by molar-refractivity contribution is 5.87. The van der Waals surface area contributed by atoms with E-state index in [1.165, 1.54) is 11.0 Å². The number of ether oxygens (including phenoxy) is 2. The van der Waals surface area contributed by atoms with Crippen molar-refractivity contribution in [2.24, 2.45) is 0 Å². The molecule has 1 aliphatic rings. The Morgan fingerprint density at radius 2 is 2.05 bits per heavy atom. The number of β-amino-alcohol motifs (C(OH)–C–C–N with tert-alkyl or cyclic N) is 1. The lowest BCUT2D eigenvalue weighted by atomic mass is 9.95. The lowest BCUT2D eigenvalue weighted by Crippen LogP contribution is -2.37. The first-order chi connectivity index (χ1) is 9.12. The van der Waals surface area contributed by atoms with E-state index in [0.29, 0.717) is 23.6 Å². The van der Waals surface area contributed by atoms with Crippen molar-refractivity contribution < 1.29 is 19.4 Å². The molecule has 0 fully saturated rings. The minimum absolute atomic E-state index is 0.213. The molecule has 5 nitrogen and oxygen atoms in total. The number of aliphatic hydroxyl groups is 1. The van der Waals surface area contributed by atoms with Gasteiger partial charge < -0.3 is 19.5 Å². The SMILES string of the molecule is C=CC(=O)N1Cc2c(OC)ccc(OC)c2[C@H](O)C1. The van der Waals surface area contributed by atoms with E-state index in [4.69, 9.17) is 9.47 Å². The van der Waals surface area contributed by atoms with Crippen molar-refractivity contribution in [3.63, 3.8) is 0 Å². The molecule has 0 aliphatic carbocycles. The Hall–Kier alpha value is -2.01. The van der Waals surface area contributed by atoms with Gasteiger partial charge >= 0.3 is 0 Å². The fourth-order valence-electron chi connectivity index (χ4n) is 2.37. The van der Waals surface area contributed by atoms with Crippen LogP contribution in [0.5, 0.6) is 11.5 Å². The highest BCUT2D eigenvalue weighted by Gasteiger charge is 2.30. The maximum atomic E-state index is 11.7. The number of rotatable bonds is 3. The molecule has 5 heteroatoms. The molecular formula is C14H17NO4. The molecule has 1 aromatic rings. The summed E-state index contributed by atoms with van der Waals surface area (Å²) in [5.41, 5.74) is 1.46. The van der Waals surface area contributed by atoms with Gasteiger partial charge in [-0.3, -0.25) is 4.79 Å². The molecule has 1 aliphatic heterocycles. The highest BCUT2D eigenvalue weighted by atomic mass is 16.5. The number of methoxy groups -OCH3 is 2. The summed E-state index contributed by atoms with van der Waals surface area (Å²) in [6, 6.07) is 3.53. The van der Waals surface area contributed by atoms with E-state index in [0.717, 1.165) is 5.56 Å². The third-order valence-corrected chi connectivity index (χ3v) is 3.28. The molecule has 0 saturated heterocycles. The maximum absolute atomic E-state index is 11.7. The van der Waals surface area contributed by atoms with Crippen LogP contribution in [0.4, 0.5) is 0 Å². The monoisotopic (exact) mass is 263 g/mol. The Morgan fingerprint density at radius 1 is 1.42 bits per heavy atom. The van der Waals surface area contributed by atoms with E-state index in [1.807, 2.05) is 0 Å². The first kappa shape index (κ1) is 13.4. The Morgan fingerprint density at radius 3 is 2.63 bits per heavy atom. The molecule has 1 aromatic carbocycles. The Labute approximate surface area is 112 Å². The third-order valence-electron chi connectivity index (χ3n) is 3.28. The molecule has 1 atom stereocenters. The number of benzene rings is 1. The van der Waals surface area contributed by atoms with Gasteiger partial charge in [0.2, 0.25) is 5.91 Å². The smallest absolute Gasteiger partial charge is 0.246 e. The zero-order valence-corrected chi connectivity index (χ0v) is 11.0. The van der Waals surface area contributed by atoms with Crippen LogP contribution in [0, 0.1) is 0 Å². The summed E-state index contributed by atoms with van der Waals surface area (Å²) in [6.45, 7) is 4.06. The normalized spacial score (nSPS) is 17.6. The van der Waals surface area contributed by atoms with E-state index >= 15 is 0 Å². The number of fused-ring (bicyclic) bond motifs is 1. The molecular weight excluding hydrogens is 246 g/mol. The molecule has 1 N–H and O–H groups in total. The summed E-state index contributed by atoms with van der Waals surface area (Å²) in [5.74, 6) is 1.03. The zero-order valence-electron chi connectivity index (χ0n) is 11.0. The summed E-state index contributed by atoms with van der Waals surface area (Å²) in [6.07, 6.45) is 0.447. The second kappa shape index (κ2) is 5.32. The molecule has 0 unspecified atom stereocenters. The predicted molar refractivity (Wildman–Crippen MR) is 70.1 cm³/mol. The number of hydrogen-bond donors (Lipinski definition) is 1. The number of hydrogen-bond acceptors (Lipinski definition) is 4. The quantitative estimate of drug-likeness (QED) is 0.834. The highest BCUT2D eigenvalue weighted by Crippen LogP contribution is 2.39.